The van der Waals surface area contributed by atoms with E-state index in [0.717, 1.165) is 22.4 Å². The lowest BCUT2D eigenvalue weighted by molar-refractivity contribution is -0.122. The van der Waals surface area contributed by atoms with Gasteiger partial charge in [0.05, 0.1) is 24.4 Å². The van der Waals surface area contributed by atoms with Crippen LogP contribution in [0.3, 0.4) is 0 Å². The zero-order valence-corrected chi connectivity index (χ0v) is 20.1. The molecule has 4 aromatic rings. The van der Waals surface area contributed by atoms with Crippen molar-refractivity contribution in [3.63, 3.8) is 0 Å². The molecule has 0 spiro atoms. The molecule has 182 valence electrons. The molecule has 0 saturated carbocycles. The van der Waals surface area contributed by atoms with E-state index < -0.39 is 0 Å². The molecule has 0 aliphatic carbocycles. The maximum Gasteiger partial charge on any atom is 0.274 e. The van der Waals surface area contributed by atoms with Crippen LogP contribution in [0.5, 0.6) is 5.75 Å². The molecule has 7 nitrogen and oxygen atoms in total. The highest BCUT2D eigenvalue weighted by Gasteiger charge is 2.18. The fourth-order valence-electron chi connectivity index (χ4n) is 4.41. The van der Waals surface area contributed by atoms with E-state index in [1.54, 1.807) is 4.57 Å². The molecular formula is C29H28N4O3. The summed E-state index contributed by atoms with van der Waals surface area (Å²) in [6, 6.07) is 25.4. The summed E-state index contributed by atoms with van der Waals surface area (Å²) >= 11 is 0. The summed E-state index contributed by atoms with van der Waals surface area (Å²) in [6.07, 6.45) is 0.758. The molecule has 2 heterocycles. The topological polar surface area (TPSA) is 88.5 Å². The summed E-state index contributed by atoms with van der Waals surface area (Å²) < 4.78 is 7.87. The van der Waals surface area contributed by atoms with Gasteiger partial charge in [-0.1, -0.05) is 67.2 Å². The summed E-state index contributed by atoms with van der Waals surface area (Å²) in [6.45, 7) is 6.29. The molecule has 1 aliphatic rings. The monoisotopic (exact) mass is 480 g/mol. The molecule has 0 saturated heterocycles. The Balaban J connectivity index is 1.21. The number of aromatic nitrogens is 2. The number of nitrogens with one attached hydrogen (secondary N) is 2. The van der Waals surface area contributed by atoms with Crippen molar-refractivity contribution >= 4 is 18.2 Å². The van der Waals surface area contributed by atoms with Gasteiger partial charge in [-0.25, -0.2) is 4.99 Å². The first-order chi connectivity index (χ1) is 17.5. The minimum atomic E-state index is -0.230. The minimum Gasteiger partial charge on any atom is -0.491 e. The van der Waals surface area contributed by atoms with Crippen LogP contribution in [0, 0.1) is 0 Å². The number of aromatic amines is 1. The third kappa shape index (κ3) is 5.00. The Bertz CT molecular complexity index is 1500. The van der Waals surface area contributed by atoms with Crippen molar-refractivity contribution < 1.29 is 9.53 Å². The van der Waals surface area contributed by atoms with E-state index in [1.165, 1.54) is 0 Å². The first kappa shape index (κ1) is 23.4. The van der Waals surface area contributed by atoms with Gasteiger partial charge in [0.1, 0.15) is 11.1 Å². The minimum absolute atomic E-state index is 0.0276. The van der Waals surface area contributed by atoms with Crippen LogP contribution in [0.4, 0.5) is 5.69 Å². The Morgan fingerprint density at radius 3 is 2.42 bits per heavy atom. The number of carbonyl (C=O) groups excluding carboxylic acids is 1. The van der Waals surface area contributed by atoms with E-state index in [2.05, 4.69) is 21.9 Å². The van der Waals surface area contributed by atoms with Crippen LogP contribution in [0.1, 0.15) is 42.5 Å². The second-order valence-electron chi connectivity index (χ2n) is 9.00. The SMILES string of the molecule is C=c1c(=O)[nH]c2n1Cc1cc(OC(C)CCC(=O)NC(c3ccccc3)c3ccccc3)ccc1N=2. The van der Waals surface area contributed by atoms with Crippen LogP contribution in [0.15, 0.2) is 88.6 Å². The van der Waals surface area contributed by atoms with Crippen molar-refractivity contribution in [2.24, 2.45) is 4.99 Å². The molecule has 36 heavy (non-hydrogen) atoms. The highest BCUT2D eigenvalue weighted by Crippen LogP contribution is 2.27. The Morgan fingerprint density at radius 2 is 1.75 bits per heavy atom. The lowest BCUT2D eigenvalue weighted by Crippen LogP contribution is -2.32. The maximum absolute atomic E-state index is 12.9. The number of fused-ring (bicyclic) bond motifs is 2. The number of carbonyl (C=O) groups is 1. The van der Waals surface area contributed by atoms with E-state index in [9.17, 15) is 9.59 Å². The molecule has 0 bridgehead atoms. The summed E-state index contributed by atoms with van der Waals surface area (Å²) in [5.41, 5.74) is 4.11. The third-order valence-corrected chi connectivity index (χ3v) is 6.36. The normalized spacial score (nSPS) is 12.8. The van der Waals surface area contributed by atoms with Crippen molar-refractivity contribution in [1.29, 1.82) is 0 Å². The number of rotatable bonds is 8. The summed E-state index contributed by atoms with van der Waals surface area (Å²) in [5.74, 6) is 0.677. The van der Waals surface area contributed by atoms with Crippen molar-refractivity contribution in [3.8, 4) is 5.75 Å². The maximum atomic E-state index is 12.9. The van der Waals surface area contributed by atoms with Crippen LogP contribution in [0.2, 0.25) is 0 Å². The first-order valence-corrected chi connectivity index (χ1v) is 12.0. The average molecular weight is 481 g/mol. The fourth-order valence-corrected chi connectivity index (χ4v) is 4.41. The van der Waals surface area contributed by atoms with Gasteiger partial charge in [0.2, 0.25) is 11.5 Å². The van der Waals surface area contributed by atoms with Crippen molar-refractivity contribution in [1.82, 2.24) is 14.9 Å². The molecule has 5 rings (SSSR count). The fraction of sp³-hybridized carbons (Fsp3) is 0.207. The molecular weight excluding hydrogens is 452 g/mol. The van der Waals surface area contributed by atoms with Gasteiger partial charge in [-0.3, -0.25) is 14.6 Å². The summed E-state index contributed by atoms with van der Waals surface area (Å²) in [5, 5.41) is 3.57. The van der Waals surface area contributed by atoms with Crippen molar-refractivity contribution in [3.05, 3.63) is 117 Å². The Hall–Kier alpha value is -4.39. The average Bonchev–Trinajstić information content (AvgIpc) is 3.18. The van der Waals surface area contributed by atoms with E-state index in [1.807, 2.05) is 85.8 Å². The van der Waals surface area contributed by atoms with Crippen LogP contribution >= 0.6 is 0 Å². The third-order valence-electron chi connectivity index (χ3n) is 6.36. The van der Waals surface area contributed by atoms with E-state index in [4.69, 9.17) is 4.74 Å². The lowest BCUT2D eigenvalue weighted by atomic mass is 9.98. The second kappa shape index (κ2) is 10.1. The molecule has 0 radical (unpaired) electrons. The van der Waals surface area contributed by atoms with Gasteiger partial charge in [-0.05, 0) is 42.7 Å². The smallest absolute Gasteiger partial charge is 0.274 e. The molecule has 2 N–H and O–H groups in total. The number of amides is 1. The Morgan fingerprint density at radius 1 is 1.08 bits per heavy atom. The van der Waals surface area contributed by atoms with Gasteiger partial charge in [0.15, 0.2) is 0 Å². The van der Waals surface area contributed by atoms with Crippen LogP contribution < -0.4 is 26.6 Å². The van der Waals surface area contributed by atoms with Gasteiger partial charge < -0.3 is 14.6 Å². The van der Waals surface area contributed by atoms with E-state index in [-0.39, 0.29) is 23.6 Å². The number of imidazole rings is 1. The van der Waals surface area contributed by atoms with Gasteiger partial charge in [-0.2, -0.15) is 0 Å². The van der Waals surface area contributed by atoms with Crippen LogP contribution in [-0.2, 0) is 11.3 Å². The van der Waals surface area contributed by atoms with E-state index >= 15 is 0 Å². The number of H-pyrrole nitrogens is 1. The highest BCUT2D eigenvalue weighted by atomic mass is 16.5. The molecule has 3 aromatic carbocycles. The lowest BCUT2D eigenvalue weighted by Gasteiger charge is -2.21. The van der Waals surface area contributed by atoms with Crippen LogP contribution in [-0.4, -0.2) is 21.6 Å². The Labute approximate surface area is 208 Å². The van der Waals surface area contributed by atoms with Gasteiger partial charge in [0, 0.05) is 12.0 Å². The molecule has 1 aromatic heterocycles. The standard InChI is InChI=1S/C29H28N4O3/c1-19(36-24-14-15-25-23(17-24)18-33-20(2)28(35)32-29(33)30-25)13-16-26(34)31-27(21-9-5-3-6-10-21)22-11-7-4-8-12-22/h3-12,14-15,17,19,27H,2,13,16,18H2,1H3,(H,31,34)(H,30,32,35). The molecule has 7 heteroatoms. The van der Waals surface area contributed by atoms with Gasteiger partial charge >= 0.3 is 0 Å². The summed E-state index contributed by atoms with van der Waals surface area (Å²) in [7, 11) is 0. The van der Waals surface area contributed by atoms with Gasteiger partial charge in [0.25, 0.3) is 5.56 Å². The number of ether oxygens (including phenoxy) is 1. The largest absolute Gasteiger partial charge is 0.491 e. The molecule has 1 atom stereocenters. The predicted octanol–water partition coefficient (Wildman–Crippen LogP) is 3.35. The first-order valence-electron chi connectivity index (χ1n) is 12.0. The number of hydrogen-bond donors (Lipinski definition) is 2. The zero-order valence-electron chi connectivity index (χ0n) is 20.1. The Kier molecular flexibility index (Phi) is 6.54. The van der Waals surface area contributed by atoms with Crippen molar-refractivity contribution in [2.75, 3.05) is 0 Å². The number of hydrogen-bond acceptors (Lipinski definition) is 4. The van der Waals surface area contributed by atoms with Crippen LogP contribution in [0.25, 0.3) is 6.58 Å². The summed E-state index contributed by atoms with van der Waals surface area (Å²) in [4.78, 5) is 32.0. The van der Waals surface area contributed by atoms with Gasteiger partial charge in [-0.15, -0.1) is 0 Å². The molecule has 1 amide bonds. The molecule has 1 aliphatic heterocycles. The zero-order chi connectivity index (χ0) is 25.1. The molecule has 1 unspecified atom stereocenters. The quantitative estimate of drug-likeness (QED) is 0.357. The predicted molar refractivity (Wildman–Crippen MR) is 139 cm³/mol. The van der Waals surface area contributed by atoms with E-state index in [0.29, 0.717) is 36.1 Å². The highest BCUT2D eigenvalue weighted by molar-refractivity contribution is 5.77. The second-order valence-corrected chi connectivity index (χ2v) is 9.00. The number of nitrogens with zero attached hydrogens (tertiary/aromatic N) is 2. The number of benzene rings is 3. The van der Waals surface area contributed by atoms with Crippen molar-refractivity contribution in [2.45, 2.75) is 38.5 Å². The molecule has 0 fully saturated rings.